The van der Waals surface area contributed by atoms with E-state index in [1.54, 1.807) is 6.92 Å². The number of carbonyl (C=O) groups excluding carboxylic acids is 2. The maximum atomic E-state index is 13.6. The van der Waals surface area contributed by atoms with Crippen LogP contribution in [0.1, 0.15) is 110 Å². The molecule has 1 aromatic carbocycles. The van der Waals surface area contributed by atoms with E-state index >= 15 is 0 Å². The van der Waals surface area contributed by atoms with E-state index in [-0.39, 0.29) is 60.7 Å². The molecule has 2 aromatic heterocycles. The topological polar surface area (TPSA) is 124 Å². The van der Waals surface area contributed by atoms with Gasteiger partial charge < -0.3 is 19.9 Å². The molecule has 2 amide bonds. The predicted octanol–water partition coefficient (Wildman–Crippen LogP) is 7.48. The molecule has 13 heteroatoms. The molecule has 2 heterocycles. The average Bonchev–Trinajstić information content (AvgIpc) is 3.94. The summed E-state index contributed by atoms with van der Waals surface area (Å²) in [5.41, 5.74) is 3.71. The second-order valence-corrected chi connectivity index (χ2v) is 22.3. The molecule has 0 aliphatic heterocycles. The van der Waals surface area contributed by atoms with E-state index in [0.717, 1.165) is 67.0 Å². The second kappa shape index (κ2) is 13.2. The number of rotatable bonds is 14. The largest absolute Gasteiger partial charge is 0.361 e. The molecule has 4 aliphatic rings. The third kappa shape index (κ3) is 7.92. The number of aryl methyl sites for hydroxylation is 1. The number of hydrogen-bond donors (Lipinski definition) is 2. The summed E-state index contributed by atoms with van der Waals surface area (Å²) >= 11 is 0. The van der Waals surface area contributed by atoms with E-state index < -0.39 is 14.0 Å². The van der Waals surface area contributed by atoms with Gasteiger partial charge in [0.2, 0.25) is 11.8 Å². The maximum Gasteiger partial charge on any atom is 0.276 e. The Kier molecular flexibility index (Phi) is 9.21. The van der Waals surface area contributed by atoms with Crippen molar-refractivity contribution in [2.24, 2.45) is 23.2 Å². The molecule has 4 saturated carbocycles. The van der Waals surface area contributed by atoms with E-state index in [0.29, 0.717) is 30.4 Å². The molecule has 266 valence electrons. The lowest BCUT2D eigenvalue weighted by Gasteiger charge is -2.34. The van der Waals surface area contributed by atoms with E-state index in [2.05, 4.69) is 45.2 Å². The molecule has 2 N–H and O–H groups in total. The SMILES string of the molecule is Cc1nonc1C(=O)N[C@H](c1nc2cc([C@H](NC(=O)CC3CC(F)(F)C3)C3CC3)ccc2n1COCC[Si](C)(C)C)C1CCC2(CC1)CC2. The van der Waals surface area contributed by atoms with Crippen LogP contribution >= 0.6 is 0 Å². The minimum atomic E-state index is -2.64. The van der Waals surface area contributed by atoms with Crippen LogP contribution in [0.15, 0.2) is 22.8 Å². The number of carbonyl (C=O) groups is 2. The van der Waals surface area contributed by atoms with Gasteiger partial charge in [-0.15, -0.1) is 0 Å². The van der Waals surface area contributed by atoms with Gasteiger partial charge in [0.1, 0.15) is 18.2 Å². The Morgan fingerprint density at radius 3 is 2.35 bits per heavy atom. The van der Waals surface area contributed by atoms with Crippen molar-refractivity contribution in [2.45, 2.75) is 128 Å². The smallest absolute Gasteiger partial charge is 0.276 e. The van der Waals surface area contributed by atoms with Crippen molar-refractivity contribution in [3.63, 3.8) is 0 Å². The lowest BCUT2D eigenvalue weighted by Crippen LogP contribution is -2.39. The first-order valence-electron chi connectivity index (χ1n) is 18.1. The number of fused-ring (bicyclic) bond motifs is 1. The summed E-state index contributed by atoms with van der Waals surface area (Å²) in [6.07, 6.45) is 8.56. The van der Waals surface area contributed by atoms with Crippen LogP contribution in [0.4, 0.5) is 8.78 Å². The molecule has 0 radical (unpaired) electrons. The Balaban J connectivity index is 1.20. The van der Waals surface area contributed by atoms with Crippen LogP contribution in [-0.2, 0) is 16.3 Å². The molecule has 0 bridgehead atoms. The van der Waals surface area contributed by atoms with E-state index in [1.165, 1.54) is 12.8 Å². The van der Waals surface area contributed by atoms with Gasteiger partial charge in [0, 0.05) is 33.9 Å². The molecule has 0 saturated heterocycles. The van der Waals surface area contributed by atoms with Crippen molar-refractivity contribution < 1.29 is 27.7 Å². The molecule has 2 atom stereocenters. The normalized spacial score (nSPS) is 22.9. The van der Waals surface area contributed by atoms with Gasteiger partial charge in [0.15, 0.2) is 5.69 Å². The summed E-state index contributed by atoms with van der Waals surface area (Å²) in [5.74, 6) is -2.18. The fraction of sp³-hybridized carbons (Fsp3) is 0.694. The van der Waals surface area contributed by atoms with E-state index in [9.17, 15) is 18.4 Å². The van der Waals surface area contributed by atoms with Gasteiger partial charge in [-0.2, -0.15) is 0 Å². The lowest BCUT2D eigenvalue weighted by atomic mass is 9.76. The van der Waals surface area contributed by atoms with Crippen molar-refractivity contribution in [2.75, 3.05) is 6.61 Å². The Hall–Kier alpha value is -3.19. The highest BCUT2D eigenvalue weighted by Gasteiger charge is 2.48. The third-order valence-electron chi connectivity index (χ3n) is 11.4. The number of benzene rings is 1. The number of amides is 2. The molecule has 3 aromatic rings. The highest BCUT2D eigenvalue weighted by atomic mass is 28.3. The number of halogens is 2. The number of ether oxygens (including phenoxy) is 1. The predicted molar refractivity (Wildman–Crippen MR) is 183 cm³/mol. The van der Waals surface area contributed by atoms with Crippen molar-refractivity contribution >= 4 is 30.9 Å². The zero-order valence-electron chi connectivity index (χ0n) is 29.2. The van der Waals surface area contributed by atoms with Crippen molar-refractivity contribution in [1.29, 1.82) is 0 Å². The van der Waals surface area contributed by atoms with Gasteiger partial charge in [-0.1, -0.05) is 30.9 Å². The molecule has 0 unspecified atom stereocenters. The standard InChI is InChI=1S/C36H50F2N6O4Si/c1-22-30(43-48-42-22)34(46)41-32(25-9-11-35(12-10-25)13-14-35)33-39-27-18-26(7-8-28(27)44(33)21-47-15-16-49(2,3)4)31(24-5-6-24)40-29(45)17-23-19-36(37,38)20-23/h7-8,18,23-25,31-32H,5-6,9-17,19-21H2,1-4H3,(H,40,45)(H,41,46)/t31-,32+/m1/s1. The lowest BCUT2D eigenvalue weighted by molar-refractivity contribution is -0.134. The van der Waals surface area contributed by atoms with Crippen LogP contribution < -0.4 is 10.6 Å². The second-order valence-electron chi connectivity index (χ2n) is 16.7. The van der Waals surface area contributed by atoms with Gasteiger partial charge >= 0.3 is 0 Å². The highest BCUT2D eigenvalue weighted by Crippen LogP contribution is 2.58. The molecule has 1 spiro atoms. The van der Waals surface area contributed by atoms with Crippen molar-refractivity contribution in [3.8, 4) is 0 Å². The first kappa shape index (κ1) is 34.3. The summed E-state index contributed by atoms with van der Waals surface area (Å²) in [5, 5.41) is 14.2. The quantitative estimate of drug-likeness (QED) is 0.132. The van der Waals surface area contributed by atoms with Gasteiger partial charge in [-0.25, -0.2) is 18.4 Å². The fourth-order valence-electron chi connectivity index (χ4n) is 7.90. The number of imidazole rings is 1. The summed E-state index contributed by atoms with van der Waals surface area (Å²) in [6, 6.07) is 6.58. The fourth-order valence-corrected chi connectivity index (χ4v) is 8.65. The van der Waals surface area contributed by atoms with Crippen LogP contribution in [-0.4, -0.2) is 52.3 Å². The molecule has 4 aliphatic carbocycles. The summed E-state index contributed by atoms with van der Waals surface area (Å²) in [4.78, 5) is 31.9. The summed E-state index contributed by atoms with van der Waals surface area (Å²) < 4.78 is 40.1. The Labute approximate surface area is 287 Å². The average molecular weight is 697 g/mol. The van der Waals surface area contributed by atoms with Crippen LogP contribution in [0, 0.1) is 30.1 Å². The Morgan fingerprint density at radius 1 is 1.02 bits per heavy atom. The number of alkyl halides is 2. The molecular weight excluding hydrogens is 647 g/mol. The zero-order valence-corrected chi connectivity index (χ0v) is 30.2. The van der Waals surface area contributed by atoms with Crippen molar-refractivity contribution in [3.05, 3.63) is 41.0 Å². The van der Waals surface area contributed by atoms with Crippen LogP contribution in [0.2, 0.25) is 25.7 Å². The van der Waals surface area contributed by atoms with Gasteiger partial charge in [0.05, 0.1) is 23.1 Å². The molecule has 4 fully saturated rings. The van der Waals surface area contributed by atoms with Crippen LogP contribution in [0.25, 0.3) is 11.0 Å². The van der Waals surface area contributed by atoms with Crippen LogP contribution in [0.5, 0.6) is 0 Å². The van der Waals surface area contributed by atoms with Crippen LogP contribution in [0.3, 0.4) is 0 Å². The van der Waals surface area contributed by atoms with E-state index in [4.69, 9.17) is 14.3 Å². The molecular formula is C36H50F2N6O4Si. The number of aromatic nitrogens is 4. The minimum absolute atomic E-state index is 0.124. The minimum Gasteiger partial charge on any atom is -0.361 e. The molecule has 7 rings (SSSR count). The first-order chi connectivity index (χ1) is 23.3. The Bertz CT molecular complexity index is 1680. The van der Waals surface area contributed by atoms with E-state index in [1.807, 2.05) is 18.2 Å². The number of nitrogens with zero attached hydrogens (tertiary/aromatic N) is 4. The highest BCUT2D eigenvalue weighted by molar-refractivity contribution is 6.76. The Morgan fingerprint density at radius 2 is 1.73 bits per heavy atom. The maximum absolute atomic E-state index is 13.6. The zero-order chi connectivity index (χ0) is 34.6. The van der Waals surface area contributed by atoms with Gasteiger partial charge in [0.25, 0.3) is 5.91 Å². The van der Waals surface area contributed by atoms with Crippen molar-refractivity contribution in [1.82, 2.24) is 30.5 Å². The first-order valence-corrected chi connectivity index (χ1v) is 21.8. The van der Waals surface area contributed by atoms with Gasteiger partial charge in [-0.3, -0.25) is 9.59 Å². The molecule has 49 heavy (non-hydrogen) atoms. The third-order valence-corrected chi connectivity index (χ3v) is 13.1. The monoisotopic (exact) mass is 696 g/mol. The number of hydrogen-bond acceptors (Lipinski definition) is 7. The molecule has 10 nitrogen and oxygen atoms in total. The number of nitrogens with one attached hydrogen (secondary N) is 2. The summed E-state index contributed by atoms with van der Waals surface area (Å²) in [6.45, 7) is 9.63. The summed E-state index contributed by atoms with van der Waals surface area (Å²) in [7, 11) is -1.32. The van der Waals surface area contributed by atoms with Gasteiger partial charge in [-0.05, 0) is 110 Å².